The standard InChI is InChI=1S/C17H21N3O2S/c1-3-4-16-19-14(11-23-16)10-18-13-6-5-12(2)15(9-13)20-7-8-22-17(20)21/h5-6,9,11,18H,3-4,7-8,10H2,1-2H3. The molecule has 23 heavy (non-hydrogen) atoms. The fraction of sp³-hybridized carbons (Fsp3) is 0.412. The van der Waals surface area contributed by atoms with Crippen LogP contribution in [0.3, 0.4) is 0 Å². The number of aryl methyl sites for hydroxylation is 2. The third-order valence-corrected chi connectivity index (χ3v) is 4.75. The Morgan fingerprint density at radius 2 is 2.30 bits per heavy atom. The average molecular weight is 331 g/mol. The van der Waals surface area contributed by atoms with Gasteiger partial charge >= 0.3 is 6.09 Å². The Morgan fingerprint density at radius 1 is 1.43 bits per heavy atom. The number of carbonyl (C=O) groups is 1. The van der Waals surface area contributed by atoms with Gasteiger partial charge in [-0.25, -0.2) is 9.78 Å². The summed E-state index contributed by atoms with van der Waals surface area (Å²) in [6.45, 7) is 5.91. The minimum atomic E-state index is -0.269. The predicted octanol–water partition coefficient (Wildman–Crippen LogP) is 3.97. The molecule has 1 amide bonds. The highest BCUT2D eigenvalue weighted by Gasteiger charge is 2.24. The van der Waals surface area contributed by atoms with Crippen LogP contribution in [0.15, 0.2) is 23.6 Å². The molecule has 0 bridgehead atoms. The molecule has 1 saturated heterocycles. The van der Waals surface area contributed by atoms with Crippen molar-refractivity contribution in [3.05, 3.63) is 39.8 Å². The van der Waals surface area contributed by atoms with E-state index < -0.39 is 0 Å². The first-order valence-corrected chi connectivity index (χ1v) is 8.77. The molecular weight excluding hydrogens is 310 g/mol. The third-order valence-electron chi connectivity index (χ3n) is 3.80. The van der Waals surface area contributed by atoms with Gasteiger partial charge in [-0.2, -0.15) is 0 Å². The largest absolute Gasteiger partial charge is 0.447 e. The van der Waals surface area contributed by atoms with Crippen LogP contribution in [0, 0.1) is 6.92 Å². The van der Waals surface area contributed by atoms with Gasteiger partial charge in [-0.1, -0.05) is 13.0 Å². The van der Waals surface area contributed by atoms with E-state index in [2.05, 4.69) is 22.6 Å². The van der Waals surface area contributed by atoms with Crippen molar-refractivity contribution in [3.63, 3.8) is 0 Å². The van der Waals surface area contributed by atoms with Crippen LogP contribution in [-0.4, -0.2) is 24.2 Å². The molecule has 0 radical (unpaired) electrons. The van der Waals surface area contributed by atoms with Crippen LogP contribution in [0.25, 0.3) is 0 Å². The molecule has 6 heteroatoms. The number of anilines is 2. The van der Waals surface area contributed by atoms with E-state index in [0.29, 0.717) is 19.7 Å². The van der Waals surface area contributed by atoms with Crippen molar-refractivity contribution in [2.45, 2.75) is 33.2 Å². The number of nitrogens with one attached hydrogen (secondary N) is 1. The Bertz CT molecular complexity index is 699. The Kier molecular flexibility index (Phi) is 4.81. The monoisotopic (exact) mass is 331 g/mol. The highest BCUT2D eigenvalue weighted by Crippen LogP contribution is 2.27. The summed E-state index contributed by atoms with van der Waals surface area (Å²) < 4.78 is 5.03. The molecule has 0 unspecified atom stereocenters. The third kappa shape index (κ3) is 3.64. The Labute approximate surface area is 140 Å². The van der Waals surface area contributed by atoms with Crippen LogP contribution in [0.2, 0.25) is 0 Å². The van der Waals surface area contributed by atoms with Crippen LogP contribution in [0.5, 0.6) is 0 Å². The van der Waals surface area contributed by atoms with Gasteiger partial charge in [0.1, 0.15) is 6.61 Å². The van der Waals surface area contributed by atoms with Crippen molar-refractivity contribution in [2.24, 2.45) is 0 Å². The number of amides is 1. The average Bonchev–Trinajstić information content (AvgIpc) is 3.16. The van der Waals surface area contributed by atoms with Gasteiger partial charge in [0.25, 0.3) is 0 Å². The lowest BCUT2D eigenvalue weighted by Gasteiger charge is -2.17. The van der Waals surface area contributed by atoms with E-state index in [1.165, 1.54) is 5.01 Å². The summed E-state index contributed by atoms with van der Waals surface area (Å²) in [5, 5.41) is 6.68. The van der Waals surface area contributed by atoms with Crippen molar-refractivity contribution in [1.82, 2.24) is 4.98 Å². The van der Waals surface area contributed by atoms with Gasteiger partial charge in [0.05, 0.1) is 29.5 Å². The molecule has 0 atom stereocenters. The van der Waals surface area contributed by atoms with Crippen molar-refractivity contribution >= 4 is 28.8 Å². The first-order chi connectivity index (χ1) is 11.2. The maximum atomic E-state index is 11.8. The Hall–Kier alpha value is -2.08. The molecule has 2 aromatic rings. The second-order valence-electron chi connectivity index (χ2n) is 5.60. The fourth-order valence-electron chi connectivity index (χ4n) is 2.57. The molecule has 0 spiro atoms. The molecular formula is C17H21N3O2S. The van der Waals surface area contributed by atoms with Crippen LogP contribution in [0.4, 0.5) is 16.2 Å². The fourth-order valence-corrected chi connectivity index (χ4v) is 3.47. The van der Waals surface area contributed by atoms with Gasteiger partial charge in [0.2, 0.25) is 0 Å². The maximum Gasteiger partial charge on any atom is 0.414 e. The molecule has 1 aromatic heterocycles. The van der Waals surface area contributed by atoms with Gasteiger partial charge in [0, 0.05) is 11.1 Å². The van der Waals surface area contributed by atoms with E-state index in [1.54, 1.807) is 16.2 Å². The number of rotatable bonds is 6. The normalized spacial score (nSPS) is 14.2. The summed E-state index contributed by atoms with van der Waals surface area (Å²) in [4.78, 5) is 18.1. The molecule has 1 aliphatic heterocycles. The van der Waals surface area contributed by atoms with E-state index in [0.717, 1.165) is 35.5 Å². The van der Waals surface area contributed by atoms with Gasteiger partial charge in [-0.05, 0) is 37.5 Å². The first-order valence-electron chi connectivity index (χ1n) is 7.89. The SMILES string of the molecule is CCCc1nc(CNc2ccc(C)c(N3CCOC3=O)c2)cs1. The van der Waals surface area contributed by atoms with Crippen molar-refractivity contribution in [1.29, 1.82) is 0 Å². The zero-order valence-electron chi connectivity index (χ0n) is 13.5. The Balaban J connectivity index is 1.69. The number of hydrogen-bond donors (Lipinski definition) is 1. The minimum Gasteiger partial charge on any atom is -0.447 e. The maximum absolute atomic E-state index is 11.8. The highest BCUT2D eigenvalue weighted by molar-refractivity contribution is 7.09. The van der Waals surface area contributed by atoms with Gasteiger partial charge in [0.15, 0.2) is 0 Å². The second kappa shape index (κ2) is 7.00. The number of carbonyl (C=O) groups excluding carboxylic acids is 1. The molecule has 1 fully saturated rings. The summed E-state index contributed by atoms with van der Waals surface area (Å²) in [6, 6.07) is 6.05. The van der Waals surface area contributed by atoms with Crippen LogP contribution >= 0.6 is 11.3 Å². The van der Waals surface area contributed by atoms with E-state index in [-0.39, 0.29) is 6.09 Å². The van der Waals surface area contributed by atoms with Gasteiger partial charge < -0.3 is 10.1 Å². The lowest BCUT2D eigenvalue weighted by molar-refractivity contribution is 0.181. The molecule has 122 valence electrons. The van der Waals surface area contributed by atoms with Crippen molar-refractivity contribution < 1.29 is 9.53 Å². The number of aromatic nitrogens is 1. The number of benzene rings is 1. The predicted molar refractivity (Wildman–Crippen MR) is 93.3 cm³/mol. The summed E-state index contributed by atoms with van der Waals surface area (Å²) in [5.41, 5.74) is 4.01. The zero-order chi connectivity index (χ0) is 16.2. The Morgan fingerprint density at radius 3 is 3.04 bits per heavy atom. The minimum absolute atomic E-state index is 0.269. The van der Waals surface area contributed by atoms with Crippen LogP contribution in [0.1, 0.15) is 29.6 Å². The quantitative estimate of drug-likeness (QED) is 0.870. The summed E-state index contributed by atoms with van der Waals surface area (Å²) in [7, 11) is 0. The van der Waals surface area contributed by atoms with E-state index in [4.69, 9.17) is 4.74 Å². The van der Waals surface area contributed by atoms with Crippen LogP contribution < -0.4 is 10.2 Å². The topological polar surface area (TPSA) is 54.5 Å². The molecule has 1 N–H and O–H groups in total. The summed E-state index contributed by atoms with van der Waals surface area (Å²) in [5.74, 6) is 0. The lowest BCUT2D eigenvalue weighted by atomic mass is 10.1. The molecule has 1 aromatic carbocycles. The zero-order valence-corrected chi connectivity index (χ0v) is 14.3. The molecule has 0 saturated carbocycles. The van der Waals surface area contributed by atoms with E-state index in [1.807, 2.05) is 25.1 Å². The first kappa shape index (κ1) is 15.8. The molecule has 0 aliphatic carbocycles. The molecule has 2 heterocycles. The van der Waals surface area contributed by atoms with E-state index >= 15 is 0 Å². The molecule has 1 aliphatic rings. The summed E-state index contributed by atoms with van der Waals surface area (Å²) >= 11 is 1.72. The molecule has 5 nitrogen and oxygen atoms in total. The van der Waals surface area contributed by atoms with Crippen molar-refractivity contribution in [3.8, 4) is 0 Å². The molecule has 3 rings (SSSR count). The highest BCUT2D eigenvalue weighted by atomic mass is 32.1. The van der Waals surface area contributed by atoms with Crippen molar-refractivity contribution in [2.75, 3.05) is 23.4 Å². The van der Waals surface area contributed by atoms with Crippen LogP contribution in [-0.2, 0) is 17.7 Å². The number of ether oxygens (including phenoxy) is 1. The van der Waals surface area contributed by atoms with Gasteiger partial charge in [-0.3, -0.25) is 4.90 Å². The number of thiazole rings is 1. The second-order valence-corrected chi connectivity index (χ2v) is 6.55. The lowest BCUT2D eigenvalue weighted by Crippen LogP contribution is -2.24. The van der Waals surface area contributed by atoms with Gasteiger partial charge in [-0.15, -0.1) is 11.3 Å². The number of cyclic esters (lactones) is 1. The number of nitrogens with zero attached hydrogens (tertiary/aromatic N) is 2. The number of hydrogen-bond acceptors (Lipinski definition) is 5. The smallest absolute Gasteiger partial charge is 0.414 e. The summed E-state index contributed by atoms with van der Waals surface area (Å²) in [6.07, 6.45) is 1.89. The van der Waals surface area contributed by atoms with E-state index in [9.17, 15) is 4.79 Å².